The van der Waals surface area contributed by atoms with E-state index in [4.69, 9.17) is 4.74 Å². The molecular weight excluding hydrogens is 488 g/mol. The average molecular weight is 525 g/mol. The number of hydrogen-bond donors (Lipinski definition) is 2. The second-order valence-corrected chi connectivity index (χ2v) is 11.9. The van der Waals surface area contributed by atoms with E-state index in [0.717, 1.165) is 18.4 Å². The van der Waals surface area contributed by atoms with Crippen LogP contribution in [0.25, 0.3) is 0 Å². The first-order chi connectivity index (χ1) is 17.4. The van der Waals surface area contributed by atoms with Gasteiger partial charge in [-0.3, -0.25) is 4.79 Å². The molecule has 2 N–H and O–H groups in total. The molecule has 0 bridgehead atoms. The van der Waals surface area contributed by atoms with Gasteiger partial charge in [0.15, 0.2) is 6.61 Å². The summed E-state index contributed by atoms with van der Waals surface area (Å²) < 4.78 is 33.4. The monoisotopic (exact) mass is 524 g/mol. The molecule has 0 atom stereocenters. The molecule has 198 valence electrons. The minimum Gasteiger partial charge on any atom is -0.483 e. The van der Waals surface area contributed by atoms with Crippen molar-refractivity contribution in [1.29, 1.82) is 0 Å². The van der Waals surface area contributed by atoms with Gasteiger partial charge in [0.1, 0.15) is 5.75 Å². The SMILES string of the molecule is CCC(C)(C)c1ccc(OCC(=O)Nc2ccc(S(=O)(=O)Nc3ncccn3)cc2)c(C(C)(C)CC)c1. The summed E-state index contributed by atoms with van der Waals surface area (Å²) in [6, 6.07) is 13.7. The largest absolute Gasteiger partial charge is 0.483 e. The van der Waals surface area contributed by atoms with Gasteiger partial charge >= 0.3 is 0 Å². The highest BCUT2D eigenvalue weighted by molar-refractivity contribution is 7.92. The predicted molar refractivity (Wildman–Crippen MR) is 146 cm³/mol. The Balaban J connectivity index is 1.68. The van der Waals surface area contributed by atoms with Crippen molar-refractivity contribution in [1.82, 2.24) is 9.97 Å². The molecule has 1 aromatic heterocycles. The van der Waals surface area contributed by atoms with Gasteiger partial charge in [-0.25, -0.2) is 23.1 Å². The van der Waals surface area contributed by atoms with E-state index in [2.05, 4.69) is 73.7 Å². The van der Waals surface area contributed by atoms with Gasteiger partial charge in [-0.15, -0.1) is 0 Å². The first-order valence-corrected chi connectivity index (χ1v) is 13.8. The van der Waals surface area contributed by atoms with Gasteiger partial charge in [0.2, 0.25) is 5.95 Å². The van der Waals surface area contributed by atoms with Crippen LogP contribution in [0.3, 0.4) is 0 Å². The lowest BCUT2D eigenvalue weighted by Crippen LogP contribution is -2.24. The van der Waals surface area contributed by atoms with Crippen LogP contribution in [0.5, 0.6) is 5.75 Å². The van der Waals surface area contributed by atoms with E-state index in [1.54, 1.807) is 6.07 Å². The van der Waals surface area contributed by atoms with Crippen molar-refractivity contribution in [3.8, 4) is 5.75 Å². The Morgan fingerprint density at radius 3 is 2.14 bits per heavy atom. The summed E-state index contributed by atoms with van der Waals surface area (Å²) in [6.07, 6.45) is 4.82. The fraction of sp³-hybridized carbons (Fsp3) is 0.393. The number of ether oxygens (including phenoxy) is 1. The molecule has 0 aliphatic heterocycles. The van der Waals surface area contributed by atoms with Crippen molar-refractivity contribution in [2.24, 2.45) is 0 Å². The molecule has 0 fully saturated rings. The van der Waals surface area contributed by atoms with E-state index in [9.17, 15) is 13.2 Å². The molecule has 1 heterocycles. The minimum atomic E-state index is -3.85. The summed E-state index contributed by atoms with van der Waals surface area (Å²) in [6.45, 7) is 12.9. The second-order valence-electron chi connectivity index (χ2n) is 10.2. The Labute approximate surface area is 219 Å². The zero-order valence-corrected chi connectivity index (χ0v) is 23.1. The molecule has 3 rings (SSSR count). The van der Waals surface area contributed by atoms with Crippen molar-refractivity contribution < 1.29 is 17.9 Å². The maximum Gasteiger partial charge on any atom is 0.264 e. The van der Waals surface area contributed by atoms with Crippen molar-refractivity contribution in [2.45, 2.75) is 70.1 Å². The molecule has 0 aliphatic rings. The summed E-state index contributed by atoms with van der Waals surface area (Å²) in [5, 5.41) is 2.75. The third-order valence-electron chi connectivity index (χ3n) is 6.86. The zero-order chi connectivity index (χ0) is 27.3. The van der Waals surface area contributed by atoms with E-state index >= 15 is 0 Å². The van der Waals surface area contributed by atoms with E-state index in [0.29, 0.717) is 11.4 Å². The molecule has 8 nitrogen and oxygen atoms in total. The third kappa shape index (κ3) is 7.07. The molecule has 3 aromatic rings. The third-order valence-corrected chi connectivity index (χ3v) is 8.20. The number of anilines is 2. The smallest absolute Gasteiger partial charge is 0.264 e. The summed E-state index contributed by atoms with van der Waals surface area (Å²) in [5.74, 6) is 0.326. The maximum atomic E-state index is 12.6. The number of carbonyl (C=O) groups is 1. The maximum absolute atomic E-state index is 12.6. The van der Waals surface area contributed by atoms with Crippen LogP contribution >= 0.6 is 0 Å². The fourth-order valence-corrected chi connectivity index (χ4v) is 4.55. The van der Waals surface area contributed by atoms with Gasteiger partial charge in [-0.2, -0.15) is 0 Å². The van der Waals surface area contributed by atoms with Gasteiger partial charge in [0.05, 0.1) is 4.90 Å². The number of aromatic nitrogens is 2. The Morgan fingerprint density at radius 2 is 1.54 bits per heavy atom. The summed E-state index contributed by atoms with van der Waals surface area (Å²) in [4.78, 5) is 20.4. The fourth-order valence-electron chi connectivity index (χ4n) is 3.59. The van der Waals surface area contributed by atoms with Gasteiger partial charge in [0, 0.05) is 23.6 Å². The Morgan fingerprint density at radius 1 is 0.919 bits per heavy atom. The summed E-state index contributed by atoms with van der Waals surface area (Å²) in [7, 11) is -3.85. The Hall–Kier alpha value is -3.46. The lowest BCUT2D eigenvalue weighted by molar-refractivity contribution is -0.118. The molecule has 37 heavy (non-hydrogen) atoms. The van der Waals surface area contributed by atoms with Crippen LogP contribution in [0.4, 0.5) is 11.6 Å². The molecule has 2 aromatic carbocycles. The van der Waals surface area contributed by atoms with Gasteiger partial charge < -0.3 is 10.1 Å². The molecule has 0 aliphatic carbocycles. The van der Waals surface area contributed by atoms with Crippen LogP contribution in [0.2, 0.25) is 0 Å². The van der Waals surface area contributed by atoms with Crippen molar-refractivity contribution in [2.75, 3.05) is 16.6 Å². The minimum absolute atomic E-state index is 0.0195. The van der Waals surface area contributed by atoms with Crippen LogP contribution in [0.15, 0.2) is 65.8 Å². The highest BCUT2D eigenvalue weighted by atomic mass is 32.2. The number of benzene rings is 2. The second kappa shape index (κ2) is 11.3. The molecular formula is C28H36N4O4S. The summed E-state index contributed by atoms with van der Waals surface area (Å²) >= 11 is 0. The standard InChI is InChI=1S/C28H36N4O4S/c1-7-27(3,4)20-10-15-24(23(18-20)28(5,6)8-2)36-19-25(33)31-21-11-13-22(14-12-21)37(34,35)32-26-29-16-9-17-30-26/h9-18H,7-8,19H2,1-6H3,(H,31,33)(H,29,30,32). The molecule has 0 unspecified atom stereocenters. The topological polar surface area (TPSA) is 110 Å². The normalized spacial score (nSPS) is 12.2. The van der Waals surface area contributed by atoms with Crippen molar-refractivity contribution >= 4 is 27.6 Å². The molecule has 0 saturated heterocycles. The quantitative estimate of drug-likeness (QED) is 0.334. The highest BCUT2D eigenvalue weighted by Crippen LogP contribution is 2.38. The van der Waals surface area contributed by atoms with Crippen LogP contribution in [-0.4, -0.2) is 30.9 Å². The number of nitrogens with zero attached hydrogens (tertiary/aromatic N) is 2. The van der Waals surface area contributed by atoms with E-state index in [1.807, 2.05) is 6.07 Å². The van der Waals surface area contributed by atoms with Gasteiger partial charge in [0.25, 0.3) is 15.9 Å². The number of rotatable bonds is 11. The van der Waals surface area contributed by atoms with E-state index in [1.165, 1.54) is 42.2 Å². The van der Waals surface area contributed by atoms with Crippen molar-refractivity contribution in [3.63, 3.8) is 0 Å². The van der Waals surface area contributed by atoms with Crippen LogP contribution in [-0.2, 0) is 25.6 Å². The summed E-state index contributed by atoms with van der Waals surface area (Å²) in [5.41, 5.74) is 2.69. The average Bonchev–Trinajstić information content (AvgIpc) is 2.88. The zero-order valence-electron chi connectivity index (χ0n) is 22.3. The van der Waals surface area contributed by atoms with Crippen LogP contribution < -0.4 is 14.8 Å². The number of nitrogens with one attached hydrogen (secondary N) is 2. The van der Waals surface area contributed by atoms with Crippen LogP contribution in [0.1, 0.15) is 65.5 Å². The Bertz CT molecular complexity index is 1320. The number of hydrogen-bond acceptors (Lipinski definition) is 6. The lowest BCUT2D eigenvalue weighted by atomic mass is 9.76. The number of amides is 1. The molecule has 0 spiro atoms. The first kappa shape index (κ1) is 28.1. The van der Waals surface area contributed by atoms with Gasteiger partial charge in [-0.05, 0) is 65.6 Å². The number of carbonyl (C=O) groups excluding carboxylic acids is 1. The van der Waals surface area contributed by atoms with Gasteiger partial charge in [-0.1, -0.05) is 53.7 Å². The highest BCUT2D eigenvalue weighted by Gasteiger charge is 2.27. The van der Waals surface area contributed by atoms with E-state index in [-0.39, 0.29) is 34.2 Å². The van der Waals surface area contributed by atoms with Crippen LogP contribution in [0, 0.1) is 0 Å². The number of sulfonamides is 1. The molecule has 1 amide bonds. The lowest BCUT2D eigenvalue weighted by Gasteiger charge is -2.30. The van der Waals surface area contributed by atoms with E-state index < -0.39 is 10.0 Å². The molecule has 0 saturated carbocycles. The van der Waals surface area contributed by atoms with Crippen molar-refractivity contribution in [3.05, 3.63) is 72.1 Å². The molecule has 0 radical (unpaired) electrons. The Kier molecular flexibility index (Phi) is 8.58. The molecule has 9 heteroatoms. The predicted octanol–water partition coefficient (Wildman–Crippen LogP) is 5.67. The first-order valence-electron chi connectivity index (χ1n) is 12.4.